The summed E-state index contributed by atoms with van der Waals surface area (Å²) >= 11 is 11.9. The van der Waals surface area contributed by atoms with E-state index in [1.54, 1.807) is 36.4 Å². The van der Waals surface area contributed by atoms with Gasteiger partial charge in [-0.1, -0.05) is 35.3 Å². The molecule has 1 aromatic carbocycles. The number of amides is 2. The Morgan fingerprint density at radius 2 is 1.71 bits per heavy atom. The number of imide groups is 1. The molecule has 0 unspecified atom stereocenters. The highest BCUT2D eigenvalue weighted by Gasteiger charge is 2.38. The van der Waals surface area contributed by atoms with Gasteiger partial charge in [0, 0.05) is 5.02 Å². The maximum atomic E-state index is 12.4. The van der Waals surface area contributed by atoms with Crippen LogP contribution in [0.25, 0.3) is 5.57 Å². The van der Waals surface area contributed by atoms with Crippen molar-refractivity contribution >= 4 is 40.6 Å². The monoisotopic (exact) mass is 321 g/mol. The van der Waals surface area contributed by atoms with Gasteiger partial charge in [0.05, 0.1) is 18.4 Å². The van der Waals surface area contributed by atoms with Crippen molar-refractivity contribution in [3.05, 3.63) is 64.0 Å². The first kappa shape index (κ1) is 13.9. The maximum absolute atomic E-state index is 12.4. The van der Waals surface area contributed by atoms with Gasteiger partial charge in [0.1, 0.15) is 10.8 Å². The van der Waals surface area contributed by atoms with Crippen LogP contribution in [0, 0.1) is 0 Å². The highest BCUT2D eigenvalue weighted by molar-refractivity contribution is 6.55. The van der Waals surface area contributed by atoms with Gasteiger partial charge in [0.25, 0.3) is 11.8 Å². The third kappa shape index (κ3) is 2.48. The van der Waals surface area contributed by atoms with E-state index in [9.17, 15) is 9.59 Å². The fraction of sp³-hybridized carbons (Fsp3) is 0.0667. The van der Waals surface area contributed by atoms with Crippen LogP contribution in [0.4, 0.5) is 0 Å². The zero-order valence-electron chi connectivity index (χ0n) is 10.7. The third-order valence-electron chi connectivity index (χ3n) is 3.14. The number of hydrogen-bond acceptors (Lipinski definition) is 3. The molecule has 0 aliphatic carbocycles. The lowest BCUT2D eigenvalue weighted by molar-refractivity contribution is -0.137. The lowest BCUT2D eigenvalue weighted by atomic mass is 10.1. The second-order valence-electron chi connectivity index (χ2n) is 4.47. The molecule has 1 aliphatic heterocycles. The van der Waals surface area contributed by atoms with Gasteiger partial charge in [-0.15, -0.1) is 0 Å². The molecule has 3 rings (SSSR count). The molecule has 106 valence electrons. The van der Waals surface area contributed by atoms with E-state index >= 15 is 0 Å². The molecule has 0 fully saturated rings. The Morgan fingerprint density at radius 3 is 2.33 bits per heavy atom. The zero-order chi connectivity index (χ0) is 15.0. The molecule has 1 aliphatic rings. The Bertz CT molecular complexity index is 733. The molecule has 0 spiro atoms. The summed E-state index contributed by atoms with van der Waals surface area (Å²) in [7, 11) is 0. The van der Waals surface area contributed by atoms with Gasteiger partial charge < -0.3 is 4.42 Å². The highest BCUT2D eigenvalue weighted by atomic mass is 35.5. The van der Waals surface area contributed by atoms with Crippen molar-refractivity contribution < 1.29 is 14.0 Å². The molecule has 21 heavy (non-hydrogen) atoms. The van der Waals surface area contributed by atoms with Crippen LogP contribution in [-0.2, 0) is 16.1 Å². The fourth-order valence-corrected chi connectivity index (χ4v) is 2.53. The normalized spacial score (nSPS) is 15.2. The molecular weight excluding hydrogens is 313 g/mol. The molecule has 0 N–H and O–H groups in total. The largest absolute Gasteiger partial charge is 0.467 e. The van der Waals surface area contributed by atoms with Gasteiger partial charge in [-0.3, -0.25) is 14.5 Å². The van der Waals surface area contributed by atoms with Crippen molar-refractivity contribution in [1.82, 2.24) is 4.90 Å². The van der Waals surface area contributed by atoms with E-state index in [1.165, 1.54) is 6.26 Å². The van der Waals surface area contributed by atoms with Crippen LogP contribution in [-0.4, -0.2) is 16.7 Å². The predicted octanol–water partition coefficient (Wildman–Crippen LogP) is 3.45. The topological polar surface area (TPSA) is 50.5 Å². The van der Waals surface area contributed by atoms with Crippen LogP contribution in [0.5, 0.6) is 0 Å². The molecule has 2 amide bonds. The van der Waals surface area contributed by atoms with E-state index in [2.05, 4.69) is 0 Å². The molecule has 1 aromatic heterocycles. The second kappa shape index (κ2) is 5.39. The van der Waals surface area contributed by atoms with Crippen LogP contribution in [0.2, 0.25) is 5.02 Å². The molecule has 2 aromatic rings. The molecule has 4 nitrogen and oxygen atoms in total. The molecule has 0 saturated heterocycles. The quantitative estimate of drug-likeness (QED) is 0.813. The molecule has 0 bridgehead atoms. The smallest absolute Gasteiger partial charge is 0.273 e. The van der Waals surface area contributed by atoms with Gasteiger partial charge >= 0.3 is 0 Å². The predicted molar refractivity (Wildman–Crippen MR) is 78.5 cm³/mol. The first-order valence-corrected chi connectivity index (χ1v) is 6.88. The van der Waals surface area contributed by atoms with Crippen molar-refractivity contribution in [2.24, 2.45) is 0 Å². The number of furan rings is 1. The summed E-state index contributed by atoms with van der Waals surface area (Å²) < 4.78 is 5.16. The first-order valence-electron chi connectivity index (χ1n) is 6.12. The van der Waals surface area contributed by atoms with Crippen LogP contribution in [0.15, 0.2) is 52.1 Å². The van der Waals surface area contributed by atoms with E-state index in [0.717, 1.165) is 4.90 Å². The van der Waals surface area contributed by atoms with Crippen LogP contribution < -0.4 is 0 Å². The molecule has 2 heterocycles. The number of rotatable bonds is 3. The maximum Gasteiger partial charge on any atom is 0.273 e. The van der Waals surface area contributed by atoms with E-state index in [0.29, 0.717) is 16.3 Å². The number of nitrogens with zero attached hydrogens (tertiary/aromatic N) is 1. The second-order valence-corrected chi connectivity index (χ2v) is 5.29. The summed E-state index contributed by atoms with van der Waals surface area (Å²) in [5.41, 5.74) is 0.745. The molecule has 0 radical (unpaired) electrons. The Kier molecular flexibility index (Phi) is 3.57. The number of hydrogen-bond donors (Lipinski definition) is 0. The van der Waals surface area contributed by atoms with E-state index < -0.39 is 11.8 Å². The van der Waals surface area contributed by atoms with Gasteiger partial charge in [0.15, 0.2) is 0 Å². The SMILES string of the molecule is O=C1C(Cl)=C(c2ccc(Cl)cc2)C(=O)N1Cc1ccco1. The molecule has 0 saturated carbocycles. The number of benzene rings is 1. The Morgan fingerprint density at radius 1 is 1.00 bits per heavy atom. The van der Waals surface area contributed by atoms with E-state index in [-0.39, 0.29) is 17.2 Å². The first-order chi connectivity index (χ1) is 10.1. The molecular formula is C15H9Cl2NO3. The summed E-state index contributed by atoms with van der Waals surface area (Å²) in [5.74, 6) is -0.453. The van der Waals surface area contributed by atoms with Crippen LogP contribution in [0.1, 0.15) is 11.3 Å². The summed E-state index contributed by atoms with van der Waals surface area (Å²) in [4.78, 5) is 25.6. The standard InChI is InChI=1S/C15H9Cl2NO3/c16-10-5-3-9(4-6-10)12-13(17)15(20)18(14(12)19)8-11-2-1-7-21-11/h1-7H,8H2. The minimum absolute atomic E-state index is 0.0535. The average Bonchev–Trinajstić information content (AvgIpc) is 3.05. The number of halogens is 2. The van der Waals surface area contributed by atoms with Crippen LogP contribution in [0.3, 0.4) is 0 Å². The number of carbonyl (C=O) groups excluding carboxylic acids is 2. The average molecular weight is 322 g/mol. The van der Waals surface area contributed by atoms with Crippen molar-refractivity contribution in [1.29, 1.82) is 0 Å². The lowest BCUT2D eigenvalue weighted by Gasteiger charge is -2.12. The van der Waals surface area contributed by atoms with Gasteiger partial charge in [-0.2, -0.15) is 0 Å². The van der Waals surface area contributed by atoms with Crippen molar-refractivity contribution in [2.75, 3.05) is 0 Å². The van der Waals surface area contributed by atoms with Gasteiger partial charge in [0.2, 0.25) is 0 Å². The van der Waals surface area contributed by atoms with Gasteiger partial charge in [-0.05, 0) is 29.8 Å². The van der Waals surface area contributed by atoms with Crippen molar-refractivity contribution in [3.63, 3.8) is 0 Å². The highest BCUT2D eigenvalue weighted by Crippen LogP contribution is 2.33. The Hall–Kier alpha value is -2.04. The van der Waals surface area contributed by atoms with E-state index in [1.807, 2.05) is 0 Å². The summed E-state index contributed by atoms with van der Waals surface area (Å²) in [6, 6.07) is 9.97. The van der Waals surface area contributed by atoms with Gasteiger partial charge in [-0.25, -0.2) is 0 Å². The minimum atomic E-state index is -0.525. The summed E-state index contributed by atoms with van der Waals surface area (Å²) in [6.07, 6.45) is 1.48. The summed E-state index contributed by atoms with van der Waals surface area (Å²) in [5, 5.41) is 0.452. The molecule has 6 heteroatoms. The Balaban J connectivity index is 1.93. The lowest BCUT2D eigenvalue weighted by Crippen LogP contribution is -2.30. The molecule has 0 atom stereocenters. The fourth-order valence-electron chi connectivity index (χ4n) is 2.12. The van der Waals surface area contributed by atoms with Crippen LogP contribution >= 0.6 is 23.2 Å². The minimum Gasteiger partial charge on any atom is -0.467 e. The number of carbonyl (C=O) groups is 2. The van der Waals surface area contributed by atoms with E-state index in [4.69, 9.17) is 27.6 Å². The van der Waals surface area contributed by atoms with Crippen molar-refractivity contribution in [2.45, 2.75) is 6.54 Å². The third-order valence-corrected chi connectivity index (χ3v) is 3.74. The Labute approximate surface area is 130 Å². The zero-order valence-corrected chi connectivity index (χ0v) is 12.2. The summed E-state index contributed by atoms with van der Waals surface area (Å²) in [6.45, 7) is 0.0535. The van der Waals surface area contributed by atoms with Crippen molar-refractivity contribution in [3.8, 4) is 0 Å².